The standard InChI is InChI=1S/C23H28Cl2N2O5.ClH/c1-3-26-11-7-8-12-32-21-17(24)14-16(20(28)19(21)25)22(29)27-18(23(30)31-2)13-15-9-5-4-6-10-15;/h4-6,9-10,14,18,26,28H,3,7-8,11-13H2,1-2H3,(H,27,29);1H/t18-;/m0./s1. The van der Waals surface area contributed by atoms with Crippen LogP contribution in [0.2, 0.25) is 10.0 Å². The van der Waals surface area contributed by atoms with E-state index in [-0.39, 0.29) is 40.2 Å². The number of unbranched alkanes of at least 4 members (excludes halogenated alkanes) is 1. The highest BCUT2D eigenvalue weighted by atomic mass is 35.5. The van der Waals surface area contributed by atoms with E-state index in [1.165, 1.54) is 13.2 Å². The second-order valence-electron chi connectivity index (χ2n) is 7.05. The van der Waals surface area contributed by atoms with E-state index in [2.05, 4.69) is 10.6 Å². The first-order valence-electron chi connectivity index (χ1n) is 10.4. The molecule has 7 nitrogen and oxygen atoms in total. The van der Waals surface area contributed by atoms with Crippen molar-refractivity contribution in [1.82, 2.24) is 10.6 Å². The van der Waals surface area contributed by atoms with Gasteiger partial charge in [0.1, 0.15) is 11.1 Å². The van der Waals surface area contributed by atoms with Gasteiger partial charge in [-0.25, -0.2) is 4.79 Å². The Balaban J connectivity index is 0.00000544. The van der Waals surface area contributed by atoms with Gasteiger partial charge in [-0.15, -0.1) is 12.4 Å². The van der Waals surface area contributed by atoms with E-state index in [4.69, 9.17) is 32.7 Å². The molecule has 1 atom stereocenters. The number of halogens is 3. The quantitative estimate of drug-likeness (QED) is 0.284. The average Bonchev–Trinajstić information content (AvgIpc) is 2.80. The second kappa shape index (κ2) is 14.9. The molecule has 0 aliphatic carbocycles. The molecule has 3 N–H and O–H groups in total. The van der Waals surface area contributed by atoms with E-state index in [0.29, 0.717) is 6.61 Å². The fourth-order valence-electron chi connectivity index (χ4n) is 3.02. The Morgan fingerprint density at radius 3 is 2.48 bits per heavy atom. The summed E-state index contributed by atoms with van der Waals surface area (Å²) >= 11 is 12.5. The number of carbonyl (C=O) groups excluding carboxylic acids is 2. The minimum absolute atomic E-state index is 0. The summed E-state index contributed by atoms with van der Waals surface area (Å²) in [4.78, 5) is 25.0. The molecule has 0 aromatic heterocycles. The van der Waals surface area contributed by atoms with Gasteiger partial charge in [0.25, 0.3) is 5.91 Å². The number of nitrogens with one attached hydrogen (secondary N) is 2. The van der Waals surface area contributed by atoms with Crippen LogP contribution in [0.15, 0.2) is 36.4 Å². The van der Waals surface area contributed by atoms with Crippen LogP contribution >= 0.6 is 35.6 Å². The van der Waals surface area contributed by atoms with Gasteiger partial charge in [0, 0.05) is 6.42 Å². The van der Waals surface area contributed by atoms with Gasteiger partial charge >= 0.3 is 5.97 Å². The normalized spacial score (nSPS) is 11.3. The van der Waals surface area contributed by atoms with Gasteiger partial charge in [-0.3, -0.25) is 4.79 Å². The molecule has 182 valence electrons. The molecule has 0 bridgehead atoms. The number of rotatable bonds is 12. The Labute approximate surface area is 210 Å². The molecule has 1 amide bonds. The Morgan fingerprint density at radius 2 is 1.85 bits per heavy atom. The molecule has 0 saturated heterocycles. The molecule has 0 aliphatic heterocycles. The lowest BCUT2D eigenvalue weighted by molar-refractivity contribution is -0.142. The third kappa shape index (κ3) is 8.59. The molecular formula is C23H29Cl3N2O5. The Bertz CT molecular complexity index is 913. The number of carbonyl (C=O) groups is 2. The Morgan fingerprint density at radius 1 is 1.15 bits per heavy atom. The zero-order valence-corrected chi connectivity index (χ0v) is 20.9. The number of aromatic hydroxyl groups is 1. The minimum atomic E-state index is -0.959. The first-order chi connectivity index (χ1) is 15.4. The molecule has 2 aromatic carbocycles. The highest BCUT2D eigenvalue weighted by Gasteiger charge is 2.26. The fraction of sp³-hybridized carbons (Fsp3) is 0.391. The van der Waals surface area contributed by atoms with Gasteiger partial charge < -0.3 is 25.2 Å². The maximum absolute atomic E-state index is 12.8. The van der Waals surface area contributed by atoms with Gasteiger partial charge in [0.05, 0.1) is 24.3 Å². The summed E-state index contributed by atoms with van der Waals surface area (Å²) in [5, 5.41) is 16.2. The lowest BCUT2D eigenvalue weighted by atomic mass is 10.1. The van der Waals surface area contributed by atoms with E-state index in [0.717, 1.165) is 31.5 Å². The first kappa shape index (κ1) is 28.8. The number of amides is 1. The van der Waals surface area contributed by atoms with Gasteiger partial charge in [0.2, 0.25) is 0 Å². The van der Waals surface area contributed by atoms with Crippen LogP contribution in [0.1, 0.15) is 35.7 Å². The van der Waals surface area contributed by atoms with Crippen LogP contribution in [0.3, 0.4) is 0 Å². The molecule has 33 heavy (non-hydrogen) atoms. The summed E-state index contributed by atoms with van der Waals surface area (Å²) in [5.41, 5.74) is 0.669. The van der Waals surface area contributed by atoms with E-state index in [1.54, 1.807) is 0 Å². The van der Waals surface area contributed by atoms with E-state index in [1.807, 2.05) is 37.3 Å². The Kier molecular flexibility index (Phi) is 13.0. The predicted molar refractivity (Wildman–Crippen MR) is 132 cm³/mol. The lowest BCUT2D eigenvalue weighted by Crippen LogP contribution is -2.43. The van der Waals surface area contributed by atoms with Crippen molar-refractivity contribution in [3.63, 3.8) is 0 Å². The highest BCUT2D eigenvalue weighted by molar-refractivity contribution is 6.39. The summed E-state index contributed by atoms with van der Waals surface area (Å²) in [5.74, 6) is -1.69. The number of esters is 1. The smallest absolute Gasteiger partial charge is 0.328 e. The summed E-state index contributed by atoms with van der Waals surface area (Å²) in [6, 6.07) is 9.48. The summed E-state index contributed by atoms with van der Waals surface area (Å²) in [7, 11) is 1.24. The number of benzene rings is 2. The number of phenols is 1. The molecule has 0 unspecified atom stereocenters. The maximum atomic E-state index is 12.8. The molecule has 10 heteroatoms. The third-order valence-corrected chi connectivity index (χ3v) is 5.34. The van der Waals surface area contributed by atoms with Crippen LogP contribution in [0, 0.1) is 0 Å². The molecule has 0 fully saturated rings. The van der Waals surface area contributed by atoms with Crippen LogP contribution in [0.25, 0.3) is 0 Å². The van der Waals surface area contributed by atoms with Crippen molar-refractivity contribution in [2.75, 3.05) is 26.8 Å². The highest BCUT2D eigenvalue weighted by Crippen LogP contribution is 2.42. The summed E-state index contributed by atoms with van der Waals surface area (Å²) < 4.78 is 10.4. The molecule has 0 radical (unpaired) electrons. The van der Waals surface area contributed by atoms with E-state index < -0.39 is 23.7 Å². The average molecular weight is 520 g/mol. The van der Waals surface area contributed by atoms with Crippen molar-refractivity contribution in [2.24, 2.45) is 0 Å². The van der Waals surface area contributed by atoms with Gasteiger partial charge in [-0.05, 0) is 37.6 Å². The van der Waals surface area contributed by atoms with Crippen LogP contribution in [-0.4, -0.2) is 49.8 Å². The van der Waals surface area contributed by atoms with Gasteiger partial charge in [0.15, 0.2) is 11.5 Å². The largest absolute Gasteiger partial charge is 0.505 e. The number of methoxy groups -OCH3 is 1. The first-order valence-corrected chi connectivity index (χ1v) is 11.1. The molecule has 2 rings (SSSR count). The molecular weight excluding hydrogens is 491 g/mol. The minimum Gasteiger partial charge on any atom is -0.505 e. The monoisotopic (exact) mass is 518 g/mol. The Hall–Kier alpha value is -2.19. The molecule has 0 heterocycles. The predicted octanol–water partition coefficient (Wildman–Crippen LogP) is 4.40. The summed E-state index contributed by atoms with van der Waals surface area (Å²) in [6.07, 6.45) is 1.89. The van der Waals surface area contributed by atoms with Crippen molar-refractivity contribution < 1.29 is 24.2 Å². The lowest BCUT2D eigenvalue weighted by Gasteiger charge is -2.18. The SMILES string of the molecule is CCNCCCCOc1c(Cl)cc(C(=O)N[C@@H](Cc2ccccc2)C(=O)OC)c(O)c1Cl.Cl. The van der Waals surface area contributed by atoms with Crippen molar-refractivity contribution in [3.05, 3.63) is 57.6 Å². The second-order valence-corrected chi connectivity index (χ2v) is 7.83. The maximum Gasteiger partial charge on any atom is 0.328 e. The van der Waals surface area contributed by atoms with Crippen LogP contribution in [-0.2, 0) is 16.0 Å². The zero-order chi connectivity index (χ0) is 23.5. The molecule has 0 saturated carbocycles. The van der Waals surface area contributed by atoms with Crippen LogP contribution in [0.4, 0.5) is 0 Å². The van der Waals surface area contributed by atoms with Crippen molar-refractivity contribution >= 4 is 47.5 Å². The third-order valence-electron chi connectivity index (χ3n) is 4.71. The molecule has 2 aromatic rings. The van der Waals surface area contributed by atoms with Gasteiger partial charge in [-0.1, -0.05) is 60.5 Å². The van der Waals surface area contributed by atoms with Crippen molar-refractivity contribution in [1.29, 1.82) is 0 Å². The number of phenolic OH excluding ortho intramolecular Hbond substituents is 1. The van der Waals surface area contributed by atoms with Gasteiger partial charge in [-0.2, -0.15) is 0 Å². The van der Waals surface area contributed by atoms with Crippen molar-refractivity contribution in [2.45, 2.75) is 32.2 Å². The fourth-order valence-corrected chi connectivity index (χ4v) is 3.59. The number of hydrogen-bond acceptors (Lipinski definition) is 6. The number of hydrogen-bond donors (Lipinski definition) is 3. The molecule has 0 spiro atoms. The van der Waals surface area contributed by atoms with Crippen LogP contribution < -0.4 is 15.4 Å². The van der Waals surface area contributed by atoms with Crippen LogP contribution in [0.5, 0.6) is 11.5 Å². The zero-order valence-electron chi connectivity index (χ0n) is 18.5. The number of ether oxygens (including phenoxy) is 2. The van der Waals surface area contributed by atoms with E-state index >= 15 is 0 Å². The van der Waals surface area contributed by atoms with Crippen molar-refractivity contribution in [3.8, 4) is 11.5 Å². The summed E-state index contributed by atoms with van der Waals surface area (Å²) in [6.45, 7) is 4.16. The molecule has 0 aliphatic rings. The van der Waals surface area contributed by atoms with E-state index in [9.17, 15) is 14.7 Å². The topological polar surface area (TPSA) is 96.9 Å².